The third kappa shape index (κ3) is 2.76. The first-order valence-electron chi connectivity index (χ1n) is 4.94. The zero-order valence-electron chi connectivity index (χ0n) is 8.93. The summed E-state index contributed by atoms with van der Waals surface area (Å²) < 4.78 is 0. The summed E-state index contributed by atoms with van der Waals surface area (Å²) in [7, 11) is 2.21. The fourth-order valence-electron chi connectivity index (χ4n) is 1.23. The van der Waals surface area contributed by atoms with Crippen LogP contribution in [0.3, 0.4) is 0 Å². The summed E-state index contributed by atoms with van der Waals surface area (Å²) in [6.07, 6.45) is 1.40. The van der Waals surface area contributed by atoms with E-state index in [1.54, 1.807) is 0 Å². The number of likely N-dealkylation sites (N-methyl/N-ethyl adjacent to an activating group) is 1. The Morgan fingerprint density at radius 3 is 2.17 bits per heavy atom. The maximum absolute atomic E-state index is 2.52. The molecular formula is C10H22N2. The molecule has 0 N–H and O–H groups in total. The third-order valence-corrected chi connectivity index (χ3v) is 2.85. The summed E-state index contributed by atoms with van der Waals surface area (Å²) in [5.41, 5.74) is 0.324. The van der Waals surface area contributed by atoms with Crippen molar-refractivity contribution in [2.45, 2.75) is 32.7 Å². The number of hydrogen-bond donors (Lipinski definition) is 0. The summed E-state index contributed by atoms with van der Waals surface area (Å²) in [5, 5.41) is 0. The van der Waals surface area contributed by atoms with Crippen molar-refractivity contribution in [1.82, 2.24) is 9.80 Å². The molecule has 0 aromatic heterocycles. The van der Waals surface area contributed by atoms with Crippen molar-refractivity contribution >= 4 is 0 Å². The van der Waals surface area contributed by atoms with Gasteiger partial charge in [0.2, 0.25) is 0 Å². The maximum atomic E-state index is 2.52. The number of likely N-dealkylation sites (tertiary alicyclic amines) is 1. The van der Waals surface area contributed by atoms with E-state index in [9.17, 15) is 0 Å². The van der Waals surface area contributed by atoms with Gasteiger partial charge in [-0.05, 0) is 47.3 Å². The van der Waals surface area contributed by atoms with Gasteiger partial charge in [0.15, 0.2) is 0 Å². The Balaban J connectivity index is 2.13. The van der Waals surface area contributed by atoms with Gasteiger partial charge in [0, 0.05) is 18.6 Å². The van der Waals surface area contributed by atoms with Crippen molar-refractivity contribution < 1.29 is 0 Å². The standard InChI is InChI=1S/C10H22N2/c1-10(2,3)11(4)8-9-12-6-5-7-12/h5-9H2,1-4H3. The molecule has 0 amide bonds. The van der Waals surface area contributed by atoms with Crippen LogP contribution in [0, 0.1) is 0 Å². The lowest BCUT2D eigenvalue weighted by Crippen LogP contribution is -2.46. The quantitative estimate of drug-likeness (QED) is 0.632. The lowest BCUT2D eigenvalue weighted by Gasteiger charge is -2.36. The third-order valence-electron chi connectivity index (χ3n) is 2.85. The van der Waals surface area contributed by atoms with E-state index < -0.39 is 0 Å². The highest BCUT2D eigenvalue weighted by Crippen LogP contribution is 2.11. The molecule has 1 rings (SSSR count). The molecule has 0 spiro atoms. The van der Waals surface area contributed by atoms with Crippen LogP contribution in [0.5, 0.6) is 0 Å². The van der Waals surface area contributed by atoms with Crippen LogP contribution < -0.4 is 0 Å². The van der Waals surface area contributed by atoms with E-state index in [2.05, 4.69) is 37.6 Å². The predicted octanol–water partition coefficient (Wildman–Crippen LogP) is 1.42. The Labute approximate surface area is 76.5 Å². The Morgan fingerprint density at radius 1 is 1.25 bits per heavy atom. The molecule has 0 aromatic rings. The Hall–Kier alpha value is -0.0800. The van der Waals surface area contributed by atoms with E-state index in [-0.39, 0.29) is 0 Å². The summed E-state index contributed by atoms with van der Waals surface area (Å²) in [6, 6.07) is 0. The van der Waals surface area contributed by atoms with Gasteiger partial charge in [-0.15, -0.1) is 0 Å². The summed E-state index contributed by atoms with van der Waals surface area (Å²) in [5.74, 6) is 0. The number of rotatable bonds is 3. The molecule has 0 bridgehead atoms. The Morgan fingerprint density at radius 2 is 1.83 bits per heavy atom. The molecule has 1 saturated heterocycles. The summed E-state index contributed by atoms with van der Waals surface area (Å²) in [4.78, 5) is 4.94. The van der Waals surface area contributed by atoms with Gasteiger partial charge < -0.3 is 9.80 Å². The fraction of sp³-hybridized carbons (Fsp3) is 1.00. The second-order valence-corrected chi connectivity index (χ2v) is 4.79. The average Bonchev–Trinajstić information content (AvgIpc) is 1.81. The van der Waals surface area contributed by atoms with Crippen molar-refractivity contribution in [3.8, 4) is 0 Å². The first-order valence-corrected chi connectivity index (χ1v) is 4.94. The molecule has 1 heterocycles. The van der Waals surface area contributed by atoms with Crippen molar-refractivity contribution in [2.24, 2.45) is 0 Å². The highest BCUT2D eigenvalue weighted by molar-refractivity contribution is 4.76. The van der Waals surface area contributed by atoms with Crippen LogP contribution in [0.4, 0.5) is 0 Å². The number of hydrogen-bond acceptors (Lipinski definition) is 2. The predicted molar refractivity (Wildman–Crippen MR) is 53.4 cm³/mol. The summed E-state index contributed by atoms with van der Waals surface area (Å²) in [6.45, 7) is 11.9. The maximum Gasteiger partial charge on any atom is 0.0122 e. The van der Waals surface area contributed by atoms with Gasteiger partial charge in [-0.25, -0.2) is 0 Å². The minimum atomic E-state index is 0.324. The molecule has 0 aliphatic carbocycles. The van der Waals surface area contributed by atoms with Crippen molar-refractivity contribution in [1.29, 1.82) is 0 Å². The minimum Gasteiger partial charge on any atom is -0.302 e. The highest BCUT2D eigenvalue weighted by Gasteiger charge is 2.19. The van der Waals surface area contributed by atoms with E-state index in [0.29, 0.717) is 5.54 Å². The van der Waals surface area contributed by atoms with Crippen LogP contribution in [0.15, 0.2) is 0 Å². The van der Waals surface area contributed by atoms with E-state index in [0.717, 1.165) is 0 Å². The molecule has 2 nitrogen and oxygen atoms in total. The molecule has 1 fully saturated rings. The molecule has 0 unspecified atom stereocenters. The zero-order chi connectivity index (χ0) is 9.19. The molecule has 0 aromatic carbocycles. The van der Waals surface area contributed by atoms with E-state index in [1.807, 2.05) is 0 Å². The largest absolute Gasteiger partial charge is 0.302 e. The Kier molecular flexibility index (Phi) is 3.13. The van der Waals surface area contributed by atoms with Crippen LogP contribution in [0.1, 0.15) is 27.2 Å². The van der Waals surface area contributed by atoms with Crippen molar-refractivity contribution in [3.63, 3.8) is 0 Å². The monoisotopic (exact) mass is 170 g/mol. The molecular weight excluding hydrogens is 148 g/mol. The van der Waals surface area contributed by atoms with Gasteiger partial charge in [-0.2, -0.15) is 0 Å². The van der Waals surface area contributed by atoms with Gasteiger partial charge in [-0.3, -0.25) is 0 Å². The minimum absolute atomic E-state index is 0.324. The lowest BCUT2D eigenvalue weighted by molar-refractivity contribution is 0.117. The van der Waals surface area contributed by atoms with Gasteiger partial charge in [0.05, 0.1) is 0 Å². The first kappa shape index (κ1) is 10.0. The molecule has 1 aliphatic rings. The van der Waals surface area contributed by atoms with Gasteiger partial charge in [0.25, 0.3) is 0 Å². The molecule has 0 atom stereocenters. The Bertz CT molecular complexity index is 133. The smallest absolute Gasteiger partial charge is 0.0122 e. The molecule has 2 heteroatoms. The zero-order valence-corrected chi connectivity index (χ0v) is 8.93. The van der Waals surface area contributed by atoms with Gasteiger partial charge in [-0.1, -0.05) is 0 Å². The van der Waals surface area contributed by atoms with Crippen LogP contribution in [0.2, 0.25) is 0 Å². The van der Waals surface area contributed by atoms with Crippen molar-refractivity contribution in [2.75, 3.05) is 33.2 Å². The van der Waals surface area contributed by atoms with Crippen molar-refractivity contribution in [3.05, 3.63) is 0 Å². The summed E-state index contributed by atoms with van der Waals surface area (Å²) >= 11 is 0. The molecule has 72 valence electrons. The number of nitrogens with zero attached hydrogens (tertiary/aromatic N) is 2. The normalized spacial score (nSPS) is 19.8. The fourth-order valence-corrected chi connectivity index (χ4v) is 1.23. The molecule has 12 heavy (non-hydrogen) atoms. The molecule has 0 saturated carbocycles. The van der Waals surface area contributed by atoms with Crippen LogP contribution in [-0.2, 0) is 0 Å². The first-order chi connectivity index (χ1) is 5.50. The second-order valence-electron chi connectivity index (χ2n) is 4.79. The topological polar surface area (TPSA) is 6.48 Å². The van der Waals surface area contributed by atoms with E-state index in [1.165, 1.54) is 32.6 Å². The van der Waals surface area contributed by atoms with E-state index >= 15 is 0 Å². The molecule has 1 aliphatic heterocycles. The van der Waals surface area contributed by atoms with Crippen LogP contribution in [-0.4, -0.2) is 48.6 Å². The van der Waals surface area contributed by atoms with Crippen LogP contribution in [0.25, 0.3) is 0 Å². The SMILES string of the molecule is CN(CCN1CCC1)C(C)(C)C. The van der Waals surface area contributed by atoms with E-state index in [4.69, 9.17) is 0 Å². The second kappa shape index (κ2) is 3.75. The van der Waals surface area contributed by atoms with Gasteiger partial charge >= 0.3 is 0 Å². The average molecular weight is 170 g/mol. The van der Waals surface area contributed by atoms with Gasteiger partial charge in [0.1, 0.15) is 0 Å². The highest BCUT2D eigenvalue weighted by atomic mass is 15.2. The van der Waals surface area contributed by atoms with Crippen LogP contribution >= 0.6 is 0 Å². The molecule has 0 radical (unpaired) electrons. The lowest BCUT2D eigenvalue weighted by atomic mass is 10.1.